The summed E-state index contributed by atoms with van der Waals surface area (Å²) in [7, 11) is 0. The SMILES string of the molecule is CC1CCC(C(O)c2cncc3ccccc23)CC1. The second-order valence-electron chi connectivity index (χ2n) is 5.91. The summed E-state index contributed by atoms with van der Waals surface area (Å²) >= 11 is 0. The number of nitrogens with zero attached hydrogens (tertiary/aromatic N) is 1. The molecule has 1 unspecified atom stereocenters. The van der Waals surface area contributed by atoms with E-state index in [1.807, 2.05) is 24.5 Å². The van der Waals surface area contributed by atoms with Crippen LogP contribution in [-0.4, -0.2) is 10.1 Å². The van der Waals surface area contributed by atoms with Gasteiger partial charge in [-0.3, -0.25) is 4.98 Å². The Morgan fingerprint density at radius 2 is 1.84 bits per heavy atom. The largest absolute Gasteiger partial charge is 0.388 e. The Morgan fingerprint density at radius 1 is 1.11 bits per heavy atom. The van der Waals surface area contributed by atoms with E-state index in [1.165, 1.54) is 12.8 Å². The van der Waals surface area contributed by atoms with Gasteiger partial charge in [-0.15, -0.1) is 0 Å². The maximum atomic E-state index is 10.7. The topological polar surface area (TPSA) is 33.1 Å². The van der Waals surface area contributed by atoms with Crippen LogP contribution in [0.2, 0.25) is 0 Å². The molecule has 0 amide bonds. The minimum absolute atomic E-state index is 0.369. The third-order valence-electron chi connectivity index (χ3n) is 4.52. The number of hydrogen-bond acceptors (Lipinski definition) is 2. The van der Waals surface area contributed by atoms with E-state index in [0.29, 0.717) is 5.92 Å². The van der Waals surface area contributed by atoms with Gasteiger partial charge in [-0.05, 0) is 30.1 Å². The summed E-state index contributed by atoms with van der Waals surface area (Å²) in [4.78, 5) is 4.28. The van der Waals surface area contributed by atoms with Gasteiger partial charge in [-0.25, -0.2) is 0 Å². The van der Waals surface area contributed by atoms with E-state index in [-0.39, 0.29) is 6.10 Å². The molecule has 0 radical (unpaired) electrons. The standard InChI is InChI=1S/C17H21NO/c1-12-6-8-13(9-7-12)17(19)16-11-18-10-14-4-2-3-5-15(14)16/h2-5,10-13,17,19H,6-9H2,1H3. The highest BCUT2D eigenvalue weighted by Gasteiger charge is 2.26. The third kappa shape index (κ3) is 2.50. The van der Waals surface area contributed by atoms with E-state index >= 15 is 0 Å². The molecule has 0 aliphatic heterocycles. The molecule has 1 heterocycles. The van der Waals surface area contributed by atoms with Gasteiger partial charge in [0.25, 0.3) is 0 Å². The van der Waals surface area contributed by atoms with E-state index in [1.54, 1.807) is 0 Å². The van der Waals surface area contributed by atoms with Gasteiger partial charge in [0.2, 0.25) is 0 Å². The number of hydrogen-bond donors (Lipinski definition) is 1. The molecule has 2 heteroatoms. The molecule has 1 aliphatic carbocycles. The normalized spacial score (nSPS) is 25.4. The van der Waals surface area contributed by atoms with Crippen molar-refractivity contribution in [3.05, 3.63) is 42.2 Å². The van der Waals surface area contributed by atoms with Gasteiger partial charge >= 0.3 is 0 Å². The number of aliphatic hydroxyl groups is 1. The van der Waals surface area contributed by atoms with Crippen molar-refractivity contribution in [1.29, 1.82) is 0 Å². The quantitative estimate of drug-likeness (QED) is 0.876. The van der Waals surface area contributed by atoms with Crippen molar-refractivity contribution in [2.24, 2.45) is 11.8 Å². The zero-order chi connectivity index (χ0) is 13.2. The fourth-order valence-electron chi connectivity index (χ4n) is 3.23. The van der Waals surface area contributed by atoms with Gasteiger partial charge < -0.3 is 5.11 Å². The van der Waals surface area contributed by atoms with E-state index in [9.17, 15) is 5.11 Å². The number of fused-ring (bicyclic) bond motifs is 1. The molecule has 19 heavy (non-hydrogen) atoms. The van der Waals surface area contributed by atoms with Gasteiger partial charge in [-0.1, -0.05) is 44.0 Å². The van der Waals surface area contributed by atoms with Crippen molar-refractivity contribution in [2.75, 3.05) is 0 Å². The first-order chi connectivity index (χ1) is 9.25. The molecule has 100 valence electrons. The zero-order valence-corrected chi connectivity index (χ0v) is 11.4. The molecule has 1 saturated carbocycles. The van der Waals surface area contributed by atoms with Crippen molar-refractivity contribution in [1.82, 2.24) is 4.98 Å². The van der Waals surface area contributed by atoms with Crippen LogP contribution in [0.1, 0.15) is 44.3 Å². The van der Waals surface area contributed by atoms with Gasteiger partial charge in [0.05, 0.1) is 6.10 Å². The molecule has 0 spiro atoms. The summed E-state index contributed by atoms with van der Waals surface area (Å²) in [6.45, 7) is 2.31. The first-order valence-corrected chi connectivity index (χ1v) is 7.26. The van der Waals surface area contributed by atoms with Crippen LogP contribution in [0.3, 0.4) is 0 Å². The zero-order valence-electron chi connectivity index (χ0n) is 11.4. The van der Waals surface area contributed by atoms with Crippen LogP contribution in [-0.2, 0) is 0 Å². The monoisotopic (exact) mass is 255 g/mol. The fourth-order valence-corrected chi connectivity index (χ4v) is 3.23. The lowest BCUT2D eigenvalue weighted by atomic mass is 9.78. The van der Waals surface area contributed by atoms with Crippen LogP contribution in [0, 0.1) is 11.8 Å². The highest BCUT2D eigenvalue weighted by molar-refractivity contribution is 5.84. The molecular formula is C17H21NO. The second kappa shape index (κ2) is 5.30. The van der Waals surface area contributed by atoms with Crippen molar-refractivity contribution >= 4 is 10.8 Å². The molecule has 3 rings (SSSR count). The highest BCUT2D eigenvalue weighted by atomic mass is 16.3. The van der Waals surface area contributed by atoms with Crippen LogP contribution >= 0.6 is 0 Å². The molecule has 0 saturated heterocycles. The predicted molar refractivity (Wildman–Crippen MR) is 77.8 cm³/mol. The number of benzene rings is 1. The number of pyridine rings is 1. The third-order valence-corrected chi connectivity index (χ3v) is 4.52. The molecule has 1 aromatic carbocycles. The smallest absolute Gasteiger partial charge is 0.0839 e. The molecular weight excluding hydrogens is 234 g/mol. The minimum atomic E-state index is -0.369. The van der Waals surface area contributed by atoms with E-state index < -0.39 is 0 Å². The molecule has 1 aliphatic rings. The lowest BCUT2D eigenvalue weighted by molar-refractivity contribution is 0.0765. The van der Waals surface area contributed by atoms with Gasteiger partial charge in [0.15, 0.2) is 0 Å². The van der Waals surface area contributed by atoms with Crippen LogP contribution in [0.25, 0.3) is 10.8 Å². The van der Waals surface area contributed by atoms with Crippen LogP contribution in [0.15, 0.2) is 36.7 Å². The Labute approximate surface area is 114 Å². The minimum Gasteiger partial charge on any atom is -0.388 e. The van der Waals surface area contributed by atoms with Gasteiger partial charge in [-0.2, -0.15) is 0 Å². The van der Waals surface area contributed by atoms with E-state index in [2.05, 4.69) is 24.0 Å². The molecule has 1 N–H and O–H groups in total. The molecule has 1 fully saturated rings. The molecule has 2 nitrogen and oxygen atoms in total. The summed E-state index contributed by atoms with van der Waals surface area (Å²) in [6, 6.07) is 8.19. The summed E-state index contributed by atoms with van der Waals surface area (Å²) in [5.41, 5.74) is 0.998. The Kier molecular flexibility index (Phi) is 3.52. The summed E-state index contributed by atoms with van der Waals surface area (Å²) in [6.07, 6.45) is 8.07. The molecule has 1 atom stereocenters. The fraction of sp³-hybridized carbons (Fsp3) is 0.471. The van der Waals surface area contributed by atoms with Gasteiger partial charge in [0, 0.05) is 23.3 Å². The number of aliphatic hydroxyl groups excluding tert-OH is 1. The first kappa shape index (κ1) is 12.6. The Hall–Kier alpha value is -1.41. The summed E-state index contributed by atoms with van der Waals surface area (Å²) < 4.78 is 0. The lowest BCUT2D eigenvalue weighted by Crippen LogP contribution is -2.19. The first-order valence-electron chi connectivity index (χ1n) is 7.26. The lowest BCUT2D eigenvalue weighted by Gasteiger charge is -2.30. The maximum Gasteiger partial charge on any atom is 0.0839 e. The average Bonchev–Trinajstić information content (AvgIpc) is 2.47. The second-order valence-corrected chi connectivity index (χ2v) is 5.91. The van der Waals surface area contributed by atoms with Crippen LogP contribution in [0.5, 0.6) is 0 Å². The van der Waals surface area contributed by atoms with Crippen molar-refractivity contribution in [2.45, 2.75) is 38.7 Å². The molecule has 1 aromatic heterocycles. The average molecular weight is 255 g/mol. The van der Waals surface area contributed by atoms with Gasteiger partial charge in [0.1, 0.15) is 0 Å². The molecule has 0 bridgehead atoms. The Bertz CT molecular complexity index is 553. The summed E-state index contributed by atoms with van der Waals surface area (Å²) in [5, 5.41) is 12.9. The number of rotatable bonds is 2. The molecule has 2 aromatic rings. The maximum absolute atomic E-state index is 10.7. The van der Waals surface area contributed by atoms with Crippen molar-refractivity contribution in [3.8, 4) is 0 Å². The summed E-state index contributed by atoms with van der Waals surface area (Å²) in [5.74, 6) is 1.21. The van der Waals surface area contributed by atoms with Crippen LogP contribution in [0.4, 0.5) is 0 Å². The van der Waals surface area contributed by atoms with Crippen molar-refractivity contribution < 1.29 is 5.11 Å². The van der Waals surface area contributed by atoms with Crippen molar-refractivity contribution in [3.63, 3.8) is 0 Å². The van der Waals surface area contributed by atoms with E-state index in [4.69, 9.17) is 0 Å². The van der Waals surface area contributed by atoms with Crippen LogP contribution < -0.4 is 0 Å². The highest BCUT2D eigenvalue weighted by Crippen LogP contribution is 2.38. The number of aromatic nitrogens is 1. The Balaban J connectivity index is 1.91. The van der Waals surface area contributed by atoms with E-state index in [0.717, 1.165) is 35.1 Å². The Morgan fingerprint density at radius 3 is 2.63 bits per heavy atom. The predicted octanol–water partition coefficient (Wildman–Crippen LogP) is 4.09.